The van der Waals surface area contributed by atoms with Crippen LogP contribution in [0.1, 0.15) is 35.7 Å². The third-order valence-electron chi connectivity index (χ3n) is 3.44. The fourth-order valence-corrected chi connectivity index (χ4v) is 2.17. The molecule has 0 saturated carbocycles. The number of hydrogen-bond donors (Lipinski definition) is 2. The van der Waals surface area contributed by atoms with E-state index in [1.807, 2.05) is 19.1 Å². The Hall–Kier alpha value is -2.95. The summed E-state index contributed by atoms with van der Waals surface area (Å²) in [5, 5.41) is 5.39. The maximum Gasteiger partial charge on any atom is 0.224 e. The van der Waals surface area contributed by atoms with Gasteiger partial charge >= 0.3 is 0 Å². The zero-order valence-corrected chi connectivity index (χ0v) is 13.8. The van der Waals surface area contributed by atoms with Crippen LogP contribution in [0.25, 0.3) is 0 Å². The molecule has 0 fully saturated rings. The molecule has 0 aliphatic heterocycles. The lowest BCUT2D eigenvalue weighted by atomic mass is 10.0. The Labute approximate surface area is 141 Å². The van der Waals surface area contributed by atoms with Crippen molar-refractivity contribution in [2.75, 3.05) is 10.6 Å². The van der Waals surface area contributed by atoms with Gasteiger partial charge in [-0.3, -0.25) is 14.4 Å². The summed E-state index contributed by atoms with van der Waals surface area (Å²) in [5.74, 6) is -0.421. The summed E-state index contributed by atoms with van der Waals surface area (Å²) >= 11 is 0. The Bertz CT molecular complexity index is 734. The van der Waals surface area contributed by atoms with Crippen LogP contribution in [0.15, 0.2) is 48.5 Å². The molecule has 2 N–H and O–H groups in total. The van der Waals surface area contributed by atoms with Crippen LogP contribution in [0, 0.1) is 6.92 Å². The number of anilines is 2. The monoisotopic (exact) mass is 324 g/mol. The van der Waals surface area contributed by atoms with Crippen molar-refractivity contribution in [1.29, 1.82) is 0 Å². The van der Waals surface area contributed by atoms with E-state index in [1.54, 1.807) is 36.4 Å². The van der Waals surface area contributed by atoms with Crippen LogP contribution in [-0.4, -0.2) is 17.6 Å². The van der Waals surface area contributed by atoms with Gasteiger partial charge in [0.15, 0.2) is 5.78 Å². The molecule has 0 aliphatic carbocycles. The normalized spacial score (nSPS) is 10.1. The van der Waals surface area contributed by atoms with Gasteiger partial charge in [0.2, 0.25) is 11.8 Å². The number of benzene rings is 2. The highest BCUT2D eigenvalue weighted by Gasteiger charge is 2.09. The SMILES string of the molecule is CC(=O)Nc1ccc(NC(=O)CCC(=O)c2ccc(C)cc2)cc1. The first-order chi connectivity index (χ1) is 11.4. The molecule has 24 heavy (non-hydrogen) atoms. The number of Topliss-reactive ketones (excluding diaryl/α,β-unsaturated/α-hetero) is 1. The minimum atomic E-state index is -0.220. The molecule has 2 amide bonds. The molecule has 0 unspecified atom stereocenters. The summed E-state index contributed by atoms with van der Waals surface area (Å²) in [6, 6.07) is 14.1. The summed E-state index contributed by atoms with van der Waals surface area (Å²) < 4.78 is 0. The van der Waals surface area contributed by atoms with Crippen LogP contribution in [0.3, 0.4) is 0 Å². The fraction of sp³-hybridized carbons (Fsp3) is 0.211. The molecule has 0 atom stereocenters. The maximum absolute atomic E-state index is 12.0. The van der Waals surface area contributed by atoms with E-state index < -0.39 is 0 Å². The van der Waals surface area contributed by atoms with Crippen molar-refractivity contribution in [3.8, 4) is 0 Å². The first-order valence-electron chi connectivity index (χ1n) is 7.71. The van der Waals surface area contributed by atoms with Gasteiger partial charge in [0.25, 0.3) is 0 Å². The van der Waals surface area contributed by atoms with Crippen molar-refractivity contribution >= 4 is 29.0 Å². The Balaban J connectivity index is 1.83. The number of carbonyl (C=O) groups is 3. The van der Waals surface area contributed by atoms with E-state index in [2.05, 4.69) is 10.6 Å². The second-order valence-electron chi connectivity index (χ2n) is 5.60. The van der Waals surface area contributed by atoms with Gasteiger partial charge in [-0.05, 0) is 31.2 Å². The maximum atomic E-state index is 12.0. The number of aryl methyl sites for hydroxylation is 1. The summed E-state index contributed by atoms with van der Waals surface area (Å²) in [6.45, 7) is 3.39. The van der Waals surface area contributed by atoms with Crippen LogP contribution in [-0.2, 0) is 9.59 Å². The molecule has 2 rings (SSSR count). The van der Waals surface area contributed by atoms with E-state index in [-0.39, 0.29) is 30.4 Å². The number of nitrogens with one attached hydrogen (secondary N) is 2. The lowest BCUT2D eigenvalue weighted by Crippen LogP contribution is -2.13. The molecule has 5 heteroatoms. The minimum Gasteiger partial charge on any atom is -0.326 e. The summed E-state index contributed by atoms with van der Waals surface area (Å²) in [4.78, 5) is 34.9. The Morgan fingerprint density at radius 1 is 0.792 bits per heavy atom. The Morgan fingerprint density at radius 3 is 1.88 bits per heavy atom. The van der Waals surface area contributed by atoms with Crippen molar-refractivity contribution in [2.24, 2.45) is 0 Å². The van der Waals surface area contributed by atoms with Gasteiger partial charge in [0.1, 0.15) is 0 Å². The van der Waals surface area contributed by atoms with Crippen LogP contribution in [0.4, 0.5) is 11.4 Å². The van der Waals surface area contributed by atoms with Crippen molar-refractivity contribution in [1.82, 2.24) is 0 Å². The smallest absolute Gasteiger partial charge is 0.224 e. The number of amides is 2. The first kappa shape index (κ1) is 17.4. The summed E-state index contributed by atoms with van der Waals surface area (Å²) in [5.41, 5.74) is 2.99. The average molecular weight is 324 g/mol. The zero-order chi connectivity index (χ0) is 17.5. The van der Waals surface area contributed by atoms with Gasteiger partial charge < -0.3 is 10.6 Å². The molecule has 0 aliphatic rings. The van der Waals surface area contributed by atoms with E-state index in [0.717, 1.165) is 5.56 Å². The third-order valence-corrected chi connectivity index (χ3v) is 3.44. The molecule has 2 aromatic carbocycles. The minimum absolute atomic E-state index is 0.0499. The van der Waals surface area contributed by atoms with Crippen molar-refractivity contribution in [2.45, 2.75) is 26.7 Å². The van der Waals surface area contributed by atoms with Crippen molar-refractivity contribution in [3.63, 3.8) is 0 Å². The van der Waals surface area contributed by atoms with Gasteiger partial charge in [0.05, 0.1) is 0 Å². The highest BCUT2D eigenvalue weighted by molar-refractivity contribution is 6.00. The lowest BCUT2D eigenvalue weighted by molar-refractivity contribution is -0.116. The first-order valence-corrected chi connectivity index (χ1v) is 7.71. The average Bonchev–Trinajstić information content (AvgIpc) is 2.54. The van der Waals surface area contributed by atoms with Crippen molar-refractivity contribution in [3.05, 3.63) is 59.7 Å². The Kier molecular flexibility index (Phi) is 5.84. The van der Waals surface area contributed by atoms with Crippen LogP contribution < -0.4 is 10.6 Å². The highest BCUT2D eigenvalue weighted by Crippen LogP contribution is 2.14. The third kappa shape index (κ3) is 5.35. The molecule has 0 saturated heterocycles. The van der Waals surface area contributed by atoms with Gasteiger partial charge in [0, 0.05) is 36.7 Å². The standard InChI is InChI=1S/C19H20N2O3/c1-13-3-5-15(6-4-13)18(23)11-12-19(24)21-17-9-7-16(8-10-17)20-14(2)22/h3-10H,11-12H2,1-2H3,(H,20,22)(H,21,24). The van der Waals surface area contributed by atoms with Gasteiger partial charge in [-0.15, -0.1) is 0 Å². The number of ketones is 1. The highest BCUT2D eigenvalue weighted by atomic mass is 16.2. The van der Waals surface area contributed by atoms with Crippen LogP contribution in [0.2, 0.25) is 0 Å². The van der Waals surface area contributed by atoms with Crippen LogP contribution in [0.5, 0.6) is 0 Å². The quantitative estimate of drug-likeness (QED) is 0.798. The summed E-state index contributed by atoms with van der Waals surface area (Å²) in [7, 11) is 0. The van der Waals surface area contributed by atoms with E-state index >= 15 is 0 Å². The molecule has 0 spiro atoms. The molecule has 5 nitrogen and oxygen atoms in total. The molecule has 124 valence electrons. The zero-order valence-electron chi connectivity index (χ0n) is 13.8. The second-order valence-corrected chi connectivity index (χ2v) is 5.60. The van der Waals surface area contributed by atoms with E-state index in [9.17, 15) is 14.4 Å². The van der Waals surface area contributed by atoms with Crippen molar-refractivity contribution < 1.29 is 14.4 Å². The number of rotatable bonds is 6. The number of carbonyl (C=O) groups excluding carboxylic acids is 3. The molecule has 0 radical (unpaired) electrons. The van der Waals surface area contributed by atoms with E-state index in [1.165, 1.54) is 6.92 Å². The fourth-order valence-electron chi connectivity index (χ4n) is 2.17. The van der Waals surface area contributed by atoms with Gasteiger partial charge in [-0.25, -0.2) is 0 Å². The Morgan fingerprint density at radius 2 is 1.33 bits per heavy atom. The predicted molar refractivity (Wildman–Crippen MR) is 94.1 cm³/mol. The van der Waals surface area contributed by atoms with Crippen LogP contribution >= 0.6 is 0 Å². The molecular weight excluding hydrogens is 304 g/mol. The molecular formula is C19H20N2O3. The van der Waals surface area contributed by atoms with E-state index in [0.29, 0.717) is 16.9 Å². The van der Waals surface area contributed by atoms with Gasteiger partial charge in [-0.2, -0.15) is 0 Å². The lowest BCUT2D eigenvalue weighted by Gasteiger charge is -2.07. The molecule has 0 heterocycles. The topological polar surface area (TPSA) is 75.3 Å². The predicted octanol–water partition coefficient (Wildman–Crippen LogP) is 3.56. The van der Waals surface area contributed by atoms with Gasteiger partial charge in [-0.1, -0.05) is 29.8 Å². The number of hydrogen-bond acceptors (Lipinski definition) is 3. The van der Waals surface area contributed by atoms with E-state index in [4.69, 9.17) is 0 Å². The molecule has 2 aromatic rings. The molecule has 0 bridgehead atoms. The second kappa shape index (κ2) is 8.06. The largest absolute Gasteiger partial charge is 0.326 e. The molecule has 0 aromatic heterocycles. The summed E-state index contributed by atoms with van der Waals surface area (Å²) in [6.07, 6.45) is 0.291.